The lowest BCUT2D eigenvalue weighted by atomic mass is 10.2. The second kappa shape index (κ2) is 3.15. The monoisotopic (exact) mass is 165 g/mol. The van der Waals surface area contributed by atoms with E-state index in [2.05, 4.69) is 21.0 Å². The molecule has 0 aliphatic carbocycles. The van der Waals surface area contributed by atoms with Crippen LogP contribution in [0.1, 0.15) is 6.92 Å². The topological polar surface area (TPSA) is 23.1 Å². The zero-order chi connectivity index (χ0) is 9.19. The molecule has 0 saturated heterocycles. The van der Waals surface area contributed by atoms with Gasteiger partial charge in [-0.05, 0) is 19.1 Å². The zero-order valence-electron chi connectivity index (χ0n) is 7.87. The van der Waals surface area contributed by atoms with Gasteiger partial charge in [-0.2, -0.15) is 0 Å². The van der Waals surface area contributed by atoms with E-state index in [1.54, 1.807) is 12.1 Å². The first-order valence-corrected chi connectivity index (χ1v) is 4.17. The zero-order valence-corrected chi connectivity index (χ0v) is 7.87. The largest absolute Gasteiger partial charge is 0.872 e. The van der Waals surface area contributed by atoms with Gasteiger partial charge in [0.15, 0.2) is 0 Å². The van der Waals surface area contributed by atoms with Crippen LogP contribution in [0.5, 0.6) is 5.75 Å². The third-order valence-electron chi connectivity index (χ3n) is 2.31. The minimum atomic E-state index is 0.0900. The molecule has 0 radical (unpaired) electrons. The lowest BCUT2D eigenvalue weighted by Gasteiger charge is -2.28. The molecule has 0 aliphatic heterocycles. The predicted molar refractivity (Wildman–Crippen MR) is 50.1 cm³/mol. The predicted octanol–water partition coefficient (Wildman–Crippen LogP) is 1.35. The summed E-state index contributed by atoms with van der Waals surface area (Å²) >= 11 is 0. The van der Waals surface area contributed by atoms with Crippen LogP contribution >= 0.6 is 0 Å². The van der Waals surface area contributed by atoms with E-state index in [1.807, 2.05) is 12.1 Å². The van der Waals surface area contributed by atoms with Gasteiger partial charge >= 0.3 is 0 Å². The number of rotatable bonds is 2. The van der Waals surface area contributed by atoms with Gasteiger partial charge in [0.25, 0.3) is 0 Å². The highest BCUT2D eigenvalue weighted by atomic mass is 16.3. The molecular weight excluding hydrogens is 150 g/mol. The van der Waals surface area contributed by atoms with Crippen LogP contribution in [-0.4, -0.2) is 20.6 Å². The van der Waals surface area contributed by atoms with Crippen molar-refractivity contribution < 1.29 is 5.11 Å². The summed E-state index contributed by atoms with van der Waals surface area (Å²) in [5.41, 5.74) is 1.07. The number of hydrogen-bond donors (Lipinski definition) is 0. The van der Waals surface area contributed by atoms with Crippen molar-refractivity contribution in [2.24, 2.45) is 0 Å². The summed E-state index contributed by atoms with van der Waals surface area (Å²) in [6.45, 7) is 3.10. The Balaban J connectivity index is 3.03. The van der Waals surface area contributed by atoms with Crippen molar-refractivity contribution in [2.45, 2.75) is 6.92 Å². The van der Waals surface area contributed by atoms with E-state index in [1.165, 1.54) is 0 Å². The van der Waals surface area contributed by atoms with E-state index in [9.17, 15) is 5.11 Å². The molecule has 0 fully saturated rings. The van der Waals surface area contributed by atoms with Crippen molar-refractivity contribution in [1.82, 2.24) is 4.48 Å². The van der Waals surface area contributed by atoms with Crippen LogP contribution in [-0.2, 0) is 0 Å². The lowest BCUT2D eigenvalue weighted by molar-refractivity contribution is -0.268. The highest BCUT2D eigenvalue weighted by molar-refractivity contribution is 5.45. The van der Waals surface area contributed by atoms with Crippen molar-refractivity contribution in [1.29, 1.82) is 0 Å². The highest BCUT2D eigenvalue weighted by Gasteiger charge is 2.14. The fourth-order valence-electron chi connectivity index (χ4n) is 1.04. The molecule has 0 atom stereocenters. The molecule has 0 amide bonds. The summed E-state index contributed by atoms with van der Waals surface area (Å²) in [7, 11) is 4.18. The summed E-state index contributed by atoms with van der Waals surface area (Å²) in [4.78, 5) is 0. The van der Waals surface area contributed by atoms with Crippen molar-refractivity contribution >= 4 is 5.69 Å². The fourth-order valence-corrected chi connectivity index (χ4v) is 1.04. The lowest BCUT2D eigenvalue weighted by Crippen LogP contribution is -2.39. The molecule has 2 nitrogen and oxygen atoms in total. The minimum absolute atomic E-state index is 0.0900. The van der Waals surface area contributed by atoms with Gasteiger partial charge in [0.05, 0.1) is 20.6 Å². The van der Waals surface area contributed by atoms with Gasteiger partial charge < -0.3 is 5.11 Å². The molecule has 66 valence electrons. The standard InChI is InChI=1S/C10H15NO/c1-4-11(2,3)9-6-5-7-10(12)8-9/h5-8H,4H2,1-3H3. The average Bonchev–Trinajstić information content (AvgIpc) is 2.05. The van der Waals surface area contributed by atoms with Gasteiger partial charge in [0.2, 0.25) is 0 Å². The first-order chi connectivity index (χ1) is 5.56. The SMILES string of the molecule is CC[N+](C)(C)c1cccc([O-])c1. The molecule has 0 aliphatic rings. The van der Waals surface area contributed by atoms with Crippen LogP contribution in [0.3, 0.4) is 0 Å². The molecule has 2 heteroatoms. The molecule has 0 spiro atoms. The molecule has 1 rings (SSSR count). The first-order valence-electron chi connectivity index (χ1n) is 4.17. The third kappa shape index (κ3) is 1.77. The maximum Gasteiger partial charge on any atom is 0.131 e. The molecule has 0 aromatic heterocycles. The van der Waals surface area contributed by atoms with E-state index in [4.69, 9.17) is 0 Å². The first kappa shape index (κ1) is 9.07. The summed E-state index contributed by atoms with van der Waals surface area (Å²) in [5, 5.41) is 11.0. The van der Waals surface area contributed by atoms with Crippen LogP contribution in [0.15, 0.2) is 24.3 Å². The Labute approximate surface area is 73.7 Å². The summed E-state index contributed by atoms with van der Waals surface area (Å²) < 4.78 is 0.760. The number of nitrogens with zero attached hydrogens (tertiary/aromatic N) is 1. The Hall–Kier alpha value is -1.02. The van der Waals surface area contributed by atoms with Crippen molar-refractivity contribution in [3.05, 3.63) is 24.3 Å². The van der Waals surface area contributed by atoms with Crippen LogP contribution < -0.4 is 9.59 Å². The number of quaternary nitrogens is 1. The maximum atomic E-state index is 11.0. The van der Waals surface area contributed by atoms with Gasteiger partial charge in [-0.3, -0.25) is 4.48 Å². The van der Waals surface area contributed by atoms with Crippen LogP contribution in [0.25, 0.3) is 0 Å². The van der Waals surface area contributed by atoms with E-state index in [0.717, 1.165) is 16.7 Å². The molecule has 0 N–H and O–H groups in total. The Morgan fingerprint density at radius 1 is 1.33 bits per heavy atom. The molecule has 1 aromatic rings. The molecular formula is C10H15NO. The molecule has 12 heavy (non-hydrogen) atoms. The molecule has 0 saturated carbocycles. The van der Waals surface area contributed by atoms with Gasteiger partial charge in [0.1, 0.15) is 5.69 Å². The minimum Gasteiger partial charge on any atom is -0.872 e. The Kier molecular flexibility index (Phi) is 2.38. The molecule has 0 bridgehead atoms. The van der Waals surface area contributed by atoms with E-state index < -0.39 is 0 Å². The van der Waals surface area contributed by atoms with Crippen LogP contribution in [0.4, 0.5) is 5.69 Å². The number of benzene rings is 1. The van der Waals surface area contributed by atoms with Gasteiger partial charge in [-0.25, -0.2) is 0 Å². The summed E-state index contributed by atoms with van der Waals surface area (Å²) in [6.07, 6.45) is 0. The second-order valence-electron chi connectivity index (χ2n) is 3.50. The number of hydrogen-bond acceptors (Lipinski definition) is 1. The molecule has 0 heterocycles. The van der Waals surface area contributed by atoms with E-state index >= 15 is 0 Å². The van der Waals surface area contributed by atoms with Gasteiger partial charge in [-0.1, -0.05) is 12.1 Å². The Morgan fingerprint density at radius 3 is 2.50 bits per heavy atom. The van der Waals surface area contributed by atoms with Crippen LogP contribution in [0, 0.1) is 0 Å². The molecule has 0 unspecified atom stereocenters. The quantitative estimate of drug-likeness (QED) is 0.606. The van der Waals surface area contributed by atoms with Gasteiger partial charge in [0, 0.05) is 0 Å². The Morgan fingerprint density at radius 2 is 2.00 bits per heavy atom. The van der Waals surface area contributed by atoms with Crippen molar-refractivity contribution in [3.8, 4) is 5.75 Å². The highest BCUT2D eigenvalue weighted by Crippen LogP contribution is 2.21. The average molecular weight is 165 g/mol. The maximum absolute atomic E-state index is 11.0. The molecule has 1 aromatic carbocycles. The second-order valence-corrected chi connectivity index (χ2v) is 3.50. The Bertz CT molecular complexity index is 268. The van der Waals surface area contributed by atoms with E-state index in [0.29, 0.717) is 0 Å². The van der Waals surface area contributed by atoms with Crippen molar-refractivity contribution in [3.63, 3.8) is 0 Å². The van der Waals surface area contributed by atoms with Gasteiger partial charge in [-0.15, -0.1) is 5.75 Å². The van der Waals surface area contributed by atoms with Crippen molar-refractivity contribution in [2.75, 3.05) is 20.6 Å². The van der Waals surface area contributed by atoms with Crippen LogP contribution in [0.2, 0.25) is 0 Å². The smallest absolute Gasteiger partial charge is 0.131 e. The summed E-state index contributed by atoms with van der Waals surface area (Å²) in [6, 6.07) is 7.08. The summed E-state index contributed by atoms with van der Waals surface area (Å²) in [5.74, 6) is 0.0900. The normalized spacial score (nSPS) is 11.6. The third-order valence-corrected chi connectivity index (χ3v) is 2.31. The van der Waals surface area contributed by atoms with E-state index in [-0.39, 0.29) is 5.75 Å². The fraction of sp³-hybridized carbons (Fsp3) is 0.400.